The Morgan fingerprint density at radius 1 is 0.800 bits per heavy atom. The van der Waals surface area contributed by atoms with Gasteiger partial charge in [0.05, 0.1) is 0 Å². The lowest BCUT2D eigenvalue weighted by atomic mass is 9.89. The van der Waals surface area contributed by atoms with E-state index >= 15 is 0 Å². The van der Waals surface area contributed by atoms with Crippen LogP contribution in [0.5, 0.6) is 0 Å². The first-order chi connectivity index (χ1) is 12.4. The second kappa shape index (κ2) is 9.77. The van der Waals surface area contributed by atoms with E-state index in [1.54, 1.807) is 11.1 Å². The van der Waals surface area contributed by atoms with Gasteiger partial charge in [-0.1, -0.05) is 61.9 Å². The molecule has 1 fully saturated rings. The molecule has 2 aromatic carbocycles. The minimum atomic E-state index is 0.772. The third-order valence-corrected chi connectivity index (χ3v) is 5.70. The predicted octanol–water partition coefficient (Wildman–Crippen LogP) is 5.67. The average Bonchev–Trinajstić information content (AvgIpc) is 2.69. The molecule has 0 aromatic heterocycles. The lowest BCUT2D eigenvalue weighted by Gasteiger charge is -2.23. The summed E-state index contributed by atoms with van der Waals surface area (Å²) in [6.07, 6.45) is 10.1. The van der Waals surface area contributed by atoms with Crippen molar-refractivity contribution in [3.8, 4) is 0 Å². The standard InChI is InChI=1S/C24H33N/c1-2-21-9-6-7-11-22(21)10-5-3-4-8-20-12-14-23(15-13-20)24-16-18-25-19-17-24/h6-7,9,11-15,24-25H,2-5,8,10,16-19H2,1H3. The third kappa shape index (κ3) is 5.44. The van der Waals surface area contributed by atoms with Crippen LogP contribution in [0.4, 0.5) is 0 Å². The summed E-state index contributed by atoms with van der Waals surface area (Å²) >= 11 is 0. The van der Waals surface area contributed by atoms with Gasteiger partial charge in [-0.2, -0.15) is 0 Å². The van der Waals surface area contributed by atoms with E-state index in [0.29, 0.717) is 0 Å². The van der Waals surface area contributed by atoms with Gasteiger partial charge in [-0.25, -0.2) is 0 Å². The molecule has 1 heterocycles. The summed E-state index contributed by atoms with van der Waals surface area (Å²) < 4.78 is 0. The first kappa shape index (κ1) is 18.2. The average molecular weight is 336 g/mol. The van der Waals surface area contributed by atoms with Crippen molar-refractivity contribution in [2.24, 2.45) is 0 Å². The van der Waals surface area contributed by atoms with Gasteiger partial charge >= 0.3 is 0 Å². The maximum Gasteiger partial charge on any atom is -0.00431 e. The van der Waals surface area contributed by atoms with Crippen molar-refractivity contribution in [3.63, 3.8) is 0 Å². The van der Waals surface area contributed by atoms with Crippen molar-refractivity contribution in [2.45, 2.75) is 64.2 Å². The summed E-state index contributed by atoms with van der Waals surface area (Å²) in [4.78, 5) is 0. The fourth-order valence-electron chi connectivity index (χ4n) is 4.08. The predicted molar refractivity (Wildman–Crippen MR) is 108 cm³/mol. The van der Waals surface area contributed by atoms with Gasteiger partial charge in [-0.05, 0) is 86.2 Å². The number of nitrogens with one attached hydrogen (secondary N) is 1. The zero-order valence-corrected chi connectivity index (χ0v) is 15.8. The monoisotopic (exact) mass is 335 g/mol. The molecule has 0 unspecified atom stereocenters. The number of hydrogen-bond acceptors (Lipinski definition) is 1. The van der Waals surface area contributed by atoms with Gasteiger partial charge in [0.2, 0.25) is 0 Å². The molecule has 0 atom stereocenters. The third-order valence-electron chi connectivity index (χ3n) is 5.70. The van der Waals surface area contributed by atoms with Crippen LogP contribution in [0.1, 0.15) is 67.2 Å². The molecular formula is C24H33N. The Morgan fingerprint density at radius 2 is 1.48 bits per heavy atom. The summed E-state index contributed by atoms with van der Waals surface area (Å²) in [5.74, 6) is 0.772. The van der Waals surface area contributed by atoms with Crippen molar-refractivity contribution < 1.29 is 0 Å². The van der Waals surface area contributed by atoms with Crippen molar-refractivity contribution >= 4 is 0 Å². The highest BCUT2D eigenvalue weighted by molar-refractivity contribution is 5.27. The Kier molecular flexibility index (Phi) is 7.11. The molecule has 134 valence electrons. The lowest BCUT2D eigenvalue weighted by molar-refractivity contribution is 0.460. The van der Waals surface area contributed by atoms with Gasteiger partial charge in [-0.3, -0.25) is 0 Å². The van der Waals surface area contributed by atoms with Gasteiger partial charge in [0.25, 0.3) is 0 Å². The van der Waals surface area contributed by atoms with E-state index in [1.807, 2.05) is 0 Å². The summed E-state index contributed by atoms with van der Waals surface area (Å²) in [6, 6.07) is 18.4. The number of benzene rings is 2. The Morgan fingerprint density at radius 3 is 2.20 bits per heavy atom. The number of aryl methyl sites for hydroxylation is 3. The molecule has 1 saturated heterocycles. The molecular weight excluding hydrogens is 302 g/mol. The number of unbranched alkanes of at least 4 members (excludes halogenated alkanes) is 2. The second-order valence-corrected chi connectivity index (χ2v) is 7.45. The molecule has 3 rings (SSSR count). The molecule has 1 aliphatic heterocycles. The fourth-order valence-corrected chi connectivity index (χ4v) is 4.08. The zero-order chi connectivity index (χ0) is 17.3. The molecule has 1 aliphatic rings. The van der Waals surface area contributed by atoms with Crippen LogP contribution in [0.25, 0.3) is 0 Å². The van der Waals surface area contributed by atoms with Crippen LogP contribution in [0.3, 0.4) is 0 Å². The van der Waals surface area contributed by atoms with Crippen molar-refractivity contribution in [1.82, 2.24) is 5.32 Å². The van der Waals surface area contributed by atoms with Crippen LogP contribution >= 0.6 is 0 Å². The molecule has 0 bridgehead atoms. The molecule has 2 aromatic rings. The highest BCUT2D eigenvalue weighted by Gasteiger charge is 2.14. The Hall–Kier alpha value is -1.60. The van der Waals surface area contributed by atoms with E-state index in [1.165, 1.54) is 69.2 Å². The molecule has 0 spiro atoms. The minimum absolute atomic E-state index is 0.772. The molecule has 0 saturated carbocycles. The van der Waals surface area contributed by atoms with Gasteiger partial charge in [0, 0.05) is 0 Å². The molecule has 1 nitrogen and oxygen atoms in total. The molecule has 1 N–H and O–H groups in total. The summed E-state index contributed by atoms with van der Waals surface area (Å²) in [5.41, 5.74) is 6.13. The van der Waals surface area contributed by atoms with E-state index in [2.05, 4.69) is 60.8 Å². The number of rotatable bonds is 8. The van der Waals surface area contributed by atoms with Crippen molar-refractivity contribution in [2.75, 3.05) is 13.1 Å². The fraction of sp³-hybridized carbons (Fsp3) is 0.500. The summed E-state index contributed by atoms with van der Waals surface area (Å²) in [5, 5.41) is 3.45. The summed E-state index contributed by atoms with van der Waals surface area (Å²) in [6.45, 7) is 4.60. The normalized spacial score (nSPS) is 15.4. The molecule has 0 amide bonds. The van der Waals surface area contributed by atoms with Crippen LogP contribution in [-0.4, -0.2) is 13.1 Å². The highest BCUT2D eigenvalue weighted by atomic mass is 14.9. The lowest BCUT2D eigenvalue weighted by Crippen LogP contribution is -2.26. The van der Waals surface area contributed by atoms with Gasteiger partial charge in [-0.15, -0.1) is 0 Å². The first-order valence-corrected chi connectivity index (χ1v) is 10.2. The van der Waals surface area contributed by atoms with E-state index in [-0.39, 0.29) is 0 Å². The van der Waals surface area contributed by atoms with E-state index in [9.17, 15) is 0 Å². The summed E-state index contributed by atoms with van der Waals surface area (Å²) in [7, 11) is 0. The Bertz CT molecular complexity index is 623. The number of hydrogen-bond donors (Lipinski definition) is 1. The molecule has 25 heavy (non-hydrogen) atoms. The van der Waals surface area contributed by atoms with E-state index in [4.69, 9.17) is 0 Å². The van der Waals surface area contributed by atoms with Gasteiger partial charge in [0.1, 0.15) is 0 Å². The van der Waals surface area contributed by atoms with Crippen LogP contribution in [0, 0.1) is 0 Å². The highest BCUT2D eigenvalue weighted by Crippen LogP contribution is 2.25. The molecule has 0 aliphatic carbocycles. The largest absolute Gasteiger partial charge is 0.317 e. The minimum Gasteiger partial charge on any atom is -0.317 e. The molecule has 0 radical (unpaired) electrons. The Balaban J connectivity index is 1.38. The van der Waals surface area contributed by atoms with E-state index < -0.39 is 0 Å². The second-order valence-electron chi connectivity index (χ2n) is 7.45. The quantitative estimate of drug-likeness (QED) is 0.613. The van der Waals surface area contributed by atoms with Crippen LogP contribution in [0.2, 0.25) is 0 Å². The SMILES string of the molecule is CCc1ccccc1CCCCCc1ccc(C2CCNCC2)cc1. The van der Waals surface area contributed by atoms with Crippen LogP contribution < -0.4 is 5.32 Å². The first-order valence-electron chi connectivity index (χ1n) is 10.2. The van der Waals surface area contributed by atoms with E-state index in [0.717, 1.165) is 12.3 Å². The maximum absolute atomic E-state index is 3.45. The molecule has 1 heteroatoms. The maximum atomic E-state index is 3.45. The van der Waals surface area contributed by atoms with Gasteiger partial charge < -0.3 is 5.32 Å². The van der Waals surface area contributed by atoms with Crippen molar-refractivity contribution in [3.05, 3.63) is 70.8 Å². The van der Waals surface area contributed by atoms with Crippen LogP contribution in [-0.2, 0) is 19.3 Å². The number of piperidine rings is 1. The topological polar surface area (TPSA) is 12.0 Å². The Labute approximate surface area is 153 Å². The van der Waals surface area contributed by atoms with Crippen molar-refractivity contribution in [1.29, 1.82) is 0 Å². The zero-order valence-electron chi connectivity index (χ0n) is 15.8. The smallest absolute Gasteiger partial charge is 0.00431 e. The van der Waals surface area contributed by atoms with Gasteiger partial charge in [0.15, 0.2) is 0 Å². The van der Waals surface area contributed by atoms with Crippen LogP contribution in [0.15, 0.2) is 48.5 Å².